The number of piperidine rings is 1. The van der Waals surface area contributed by atoms with Crippen LogP contribution in [0.2, 0.25) is 0 Å². The number of amides is 2. The highest BCUT2D eigenvalue weighted by molar-refractivity contribution is 14.1. The van der Waals surface area contributed by atoms with Gasteiger partial charge < -0.3 is 16.0 Å². The van der Waals surface area contributed by atoms with E-state index in [-0.39, 0.29) is 18.5 Å². The van der Waals surface area contributed by atoms with E-state index in [2.05, 4.69) is 27.9 Å². The van der Waals surface area contributed by atoms with Crippen LogP contribution in [0.15, 0.2) is 24.3 Å². The van der Waals surface area contributed by atoms with Crippen LogP contribution in [-0.4, -0.2) is 42.4 Å². The van der Waals surface area contributed by atoms with Crippen LogP contribution in [0.25, 0.3) is 0 Å². The van der Waals surface area contributed by atoms with Crippen LogP contribution in [-0.2, 0) is 4.79 Å². The first-order valence-corrected chi connectivity index (χ1v) is 7.71. The largest absolute Gasteiger partial charge is 0.368 e. The van der Waals surface area contributed by atoms with E-state index in [0.717, 1.165) is 29.5 Å². The van der Waals surface area contributed by atoms with E-state index in [9.17, 15) is 9.59 Å². The fraction of sp³-hybridized carbons (Fsp3) is 0.429. The van der Waals surface area contributed by atoms with Gasteiger partial charge in [-0.1, -0.05) is 0 Å². The van der Waals surface area contributed by atoms with E-state index in [1.807, 2.05) is 12.1 Å². The van der Waals surface area contributed by atoms with Crippen molar-refractivity contribution >= 4 is 34.4 Å². The molecule has 1 aromatic carbocycles. The third-order valence-corrected chi connectivity index (χ3v) is 4.15. The fourth-order valence-corrected chi connectivity index (χ4v) is 2.77. The number of rotatable bonds is 4. The number of nitrogens with two attached hydrogens (primary N) is 1. The molecule has 5 nitrogen and oxygen atoms in total. The minimum absolute atomic E-state index is 0.0184. The highest BCUT2D eigenvalue weighted by atomic mass is 127. The van der Waals surface area contributed by atoms with Gasteiger partial charge in [-0.15, -0.1) is 0 Å². The van der Waals surface area contributed by atoms with Gasteiger partial charge in [-0.25, -0.2) is 0 Å². The quantitative estimate of drug-likeness (QED) is 0.757. The van der Waals surface area contributed by atoms with Crippen molar-refractivity contribution in [2.45, 2.75) is 18.9 Å². The Hall–Kier alpha value is -1.15. The first-order chi connectivity index (χ1) is 9.58. The molecule has 108 valence electrons. The number of hydrogen-bond acceptors (Lipinski definition) is 3. The van der Waals surface area contributed by atoms with Crippen LogP contribution in [0.3, 0.4) is 0 Å². The summed E-state index contributed by atoms with van der Waals surface area (Å²) in [5.41, 5.74) is 5.89. The molecule has 0 spiro atoms. The van der Waals surface area contributed by atoms with Gasteiger partial charge in [0, 0.05) is 15.2 Å². The van der Waals surface area contributed by atoms with Crippen LogP contribution in [0.5, 0.6) is 0 Å². The molecule has 1 heterocycles. The Bertz CT molecular complexity index is 484. The predicted octanol–water partition coefficient (Wildman–Crippen LogP) is 0.971. The molecule has 3 N–H and O–H groups in total. The van der Waals surface area contributed by atoms with Crippen molar-refractivity contribution in [2.24, 2.45) is 5.73 Å². The summed E-state index contributed by atoms with van der Waals surface area (Å²) in [6.07, 6.45) is 1.70. The van der Waals surface area contributed by atoms with Gasteiger partial charge in [-0.3, -0.25) is 9.59 Å². The van der Waals surface area contributed by atoms with E-state index in [0.29, 0.717) is 5.56 Å². The topological polar surface area (TPSA) is 75.4 Å². The van der Waals surface area contributed by atoms with Crippen LogP contribution < -0.4 is 11.1 Å². The molecule has 0 bridgehead atoms. The van der Waals surface area contributed by atoms with Crippen molar-refractivity contribution in [3.05, 3.63) is 33.4 Å². The molecule has 6 heteroatoms. The standard InChI is InChI=1S/C14H18IN3O2/c15-11-3-1-10(2-4-11)14(20)18(9-13(16)19)12-5-7-17-8-6-12/h1-4,12,17H,5-9H2,(H2,16,19). The Morgan fingerprint density at radius 3 is 2.40 bits per heavy atom. The normalized spacial score (nSPS) is 15.8. The van der Waals surface area contributed by atoms with Crippen LogP contribution in [0.4, 0.5) is 0 Å². The number of benzene rings is 1. The number of carbonyl (C=O) groups excluding carboxylic acids is 2. The second-order valence-electron chi connectivity index (χ2n) is 4.89. The monoisotopic (exact) mass is 387 g/mol. The minimum Gasteiger partial charge on any atom is -0.368 e. The van der Waals surface area contributed by atoms with Gasteiger partial charge in [-0.05, 0) is 72.8 Å². The summed E-state index contributed by atoms with van der Waals surface area (Å²) >= 11 is 2.19. The number of carbonyl (C=O) groups is 2. The highest BCUT2D eigenvalue weighted by Gasteiger charge is 2.27. The Kier molecular flexibility index (Phi) is 5.36. The van der Waals surface area contributed by atoms with Gasteiger partial charge in [0.05, 0.1) is 6.54 Å². The molecular formula is C14H18IN3O2. The zero-order chi connectivity index (χ0) is 14.5. The molecule has 0 unspecified atom stereocenters. The molecule has 2 rings (SSSR count). The van der Waals surface area contributed by atoms with E-state index in [4.69, 9.17) is 5.73 Å². The van der Waals surface area contributed by atoms with Gasteiger partial charge in [-0.2, -0.15) is 0 Å². The van der Waals surface area contributed by atoms with Crippen molar-refractivity contribution in [3.63, 3.8) is 0 Å². The Labute approximate surface area is 132 Å². The van der Waals surface area contributed by atoms with Gasteiger partial charge in [0.1, 0.15) is 0 Å². The lowest BCUT2D eigenvalue weighted by Gasteiger charge is -2.34. The molecule has 0 saturated carbocycles. The van der Waals surface area contributed by atoms with Crippen LogP contribution in [0, 0.1) is 3.57 Å². The molecule has 1 aliphatic heterocycles. The average molecular weight is 387 g/mol. The van der Waals surface area contributed by atoms with E-state index >= 15 is 0 Å². The van der Waals surface area contributed by atoms with Gasteiger partial charge in [0.25, 0.3) is 5.91 Å². The Balaban J connectivity index is 2.18. The number of nitrogens with zero attached hydrogens (tertiary/aromatic N) is 1. The molecular weight excluding hydrogens is 369 g/mol. The first-order valence-electron chi connectivity index (χ1n) is 6.63. The average Bonchev–Trinajstić information content (AvgIpc) is 2.45. The molecule has 1 aromatic rings. The zero-order valence-corrected chi connectivity index (χ0v) is 13.3. The Morgan fingerprint density at radius 1 is 1.25 bits per heavy atom. The summed E-state index contributed by atoms with van der Waals surface area (Å²) in [6, 6.07) is 7.44. The number of halogens is 1. The van der Waals surface area contributed by atoms with Gasteiger partial charge >= 0.3 is 0 Å². The molecule has 0 atom stereocenters. The summed E-state index contributed by atoms with van der Waals surface area (Å²) in [5, 5.41) is 3.25. The van der Waals surface area contributed by atoms with E-state index < -0.39 is 5.91 Å². The molecule has 0 radical (unpaired) electrons. The van der Waals surface area contributed by atoms with Crippen molar-refractivity contribution in [1.82, 2.24) is 10.2 Å². The van der Waals surface area contributed by atoms with Crippen LogP contribution >= 0.6 is 22.6 Å². The number of hydrogen-bond donors (Lipinski definition) is 2. The minimum atomic E-state index is -0.470. The van der Waals surface area contributed by atoms with Crippen molar-refractivity contribution in [2.75, 3.05) is 19.6 Å². The number of primary amides is 1. The smallest absolute Gasteiger partial charge is 0.254 e. The van der Waals surface area contributed by atoms with Crippen molar-refractivity contribution in [3.8, 4) is 0 Å². The number of nitrogens with one attached hydrogen (secondary N) is 1. The summed E-state index contributed by atoms with van der Waals surface area (Å²) < 4.78 is 1.07. The maximum Gasteiger partial charge on any atom is 0.254 e. The second kappa shape index (κ2) is 7.03. The zero-order valence-electron chi connectivity index (χ0n) is 11.1. The summed E-state index contributed by atoms with van der Waals surface area (Å²) in [5.74, 6) is -0.588. The van der Waals surface area contributed by atoms with Crippen molar-refractivity contribution < 1.29 is 9.59 Å². The lowest BCUT2D eigenvalue weighted by molar-refractivity contribution is -0.119. The summed E-state index contributed by atoms with van der Waals surface area (Å²) in [6.45, 7) is 1.70. The van der Waals surface area contributed by atoms with E-state index in [1.54, 1.807) is 17.0 Å². The fourth-order valence-electron chi connectivity index (χ4n) is 2.41. The molecule has 1 aliphatic rings. The van der Waals surface area contributed by atoms with E-state index in [1.165, 1.54) is 0 Å². The Morgan fingerprint density at radius 2 is 1.85 bits per heavy atom. The third-order valence-electron chi connectivity index (χ3n) is 3.43. The molecule has 1 saturated heterocycles. The SMILES string of the molecule is NC(=O)CN(C(=O)c1ccc(I)cc1)C1CCNCC1. The second-order valence-corrected chi connectivity index (χ2v) is 6.13. The molecule has 20 heavy (non-hydrogen) atoms. The predicted molar refractivity (Wildman–Crippen MR) is 85.3 cm³/mol. The van der Waals surface area contributed by atoms with Crippen molar-refractivity contribution in [1.29, 1.82) is 0 Å². The van der Waals surface area contributed by atoms with Gasteiger partial charge in [0.15, 0.2) is 0 Å². The molecule has 0 aromatic heterocycles. The lowest BCUT2D eigenvalue weighted by atomic mass is 10.0. The molecule has 2 amide bonds. The maximum atomic E-state index is 12.6. The van der Waals surface area contributed by atoms with Gasteiger partial charge in [0.2, 0.25) is 5.91 Å². The lowest BCUT2D eigenvalue weighted by Crippen LogP contribution is -2.49. The summed E-state index contributed by atoms with van der Waals surface area (Å²) in [4.78, 5) is 25.5. The molecule has 0 aliphatic carbocycles. The van der Waals surface area contributed by atoms with Crippen LogP contribution in [0.1, 0.15) is 23.2 Å². The first kappa shape index (κ1) is 15.2. The molecule has 1 fully saturated rings. The maximum absolute atomic E-state index is 12.6. The highest BCUT2D eigenvalue weighted by Crippen LogP contribution is 2.16. The third kappa shape index (κ3) is 3.92. The summed E-state index contributed by atoms with van der Waals surface area (Å²) in [7, 11) is 0.